The van der Waals surface area contributed by atoms with Crippen LogP contribution in [0.25, 0.3) is 0 Å². The molecule has 0 atom stereocenters. The summed E-state index contributed by atoms with van der Waals surface area (Å²) in [5.74, 6) is 1.26. The Morgan fingerprint density at radius 2 is 2.07 bits per heavy atom. The molecule has 9 heteroatoms. The number of nitrogens with one attached hydrogen (secondary N) is 3. The van der Waals surface area contributed by atoms with E-state index in [4.69, 9.17) is 21.7 Å². The minimum Gasteiger partial charge on any atom is -0.493 e. The van der Waals surface area contributed by atoms with Gasteiger partial charge in [-0.05, 0) is 41.9 Å². The summed E-state index contributed by atoms with van der Waals surface area (Å²) in [5.41, 5.74) is 3.18. The third-order valence-electron chi connectivity index (χ3n) is 3.33. The summed E-state index contributed by atoms with van der Waals surface area (Å²) in [4.78, 5) is 28.4. The van der Waals surface area contributed by atoms with Gasteiger partial charge in [0, 0.05) is 11.8 Å². The van der Waals surface area contributed by atoms with Crippen molar-refractivity contribution in [2.75, 3.05) is 13.7 Å². The molecular weight excluding hydrogens is 368 g/mol. The lowest BCUT2D eigenvalue weighted by Crippen LogP contribution is -2.21. The fourth-order valence-corrected chi connectivity index (χ4v) is 2.38. The number of hydrazone groups is 1. The summed E-state index contributed by atoms with van der Waals surface area (Å²) in [6.45, 7) is 4.72. The zero-order valence-electron chi connectivity index (χ0n) is 15.4. The first-order valence-corrected chi connectivity index (χ1v) is 8.73. The van der Waals surface area contributed by atoms with Crippen LogP contribution in [0.4, 0.5) is 0 Å². The first-order valence-electron chi connectivity index (χ1n) is 8.32. The van der Waals surface area contributed by atoms with E-state index in [1.165, 1.54) is 12.3 Å². The van der Waals surface area contributed by atoms with E-state index in [1.807, 2.05) is 6.07 Å². The van der Waals surface area contributed by atoms with Crippen molar-refractivity contribution in [3.05, 3.63) is 50.6 Å². The molecule has 0 radical (unpaired) electrons. The number of carbonyl (C=O) groups excluding carboxylic acids is 1. The van der Waals surface area contributed by atoms with E-state index in [9.17, 15) is 9.59 Å². The van der Waals surface area contributed by atoms with E-state index in [0.29, 0.717) is 29.7 Å². The largest absolute Gasteiger partial charge is 0.493 e. The highest BCUT2D eigenvalue weighted by atomic mass is 32.1. The Hall–Kier alpha value is -2.94. The van der Waals surface area contributed by atoms with Crippen LogP contribution in [0, 0.1) is 10.7 Å². The number of rotatable bonds is 8. The first kappa shape index (κ1) is 20.4. The van der Waals surface area contributed by atoms with Gasteiger partial charge in [0.15, 0.2) is 16.3 Å². The molecule has 0 unspecified atom stereocenters. The molecule has 2 rings (SSSR count). The molecule has 0 bridgehead atoms. The van der Waals surface area contributed by atoms with Gasteiger partial charge >= 0.3 is 0 Å². The van der Waals surface area contributed by atoms with Gasteiger partial charge in [-0.15, -0.1) is 0 Å². The Labute approximate surface area is 161 Å². The third kappa shape index (κ3) is 6.70. The van der Waals surface area contributed by atoms with Gasteiger partial charge < -0.3 is 14.5 Å². The number of H-pyrrole nitrogens is 2. The summed E-state index contributed by atoms with van der Waals surface area (Å²) in [7, 11) is 1.56. The highest BCUT2D eigenvalue weighted by molar-refractivity contribution is 7.71. The molecule has 2 aromatic rings. The highest BCUT2D eigenvalue weighted by Crippen LogP contribution is 2.27. The van der Waals surface area contributed by atoms with Crippen LogP contribution in [-0.4, -0.2) is 35.8 Å². The number of aromatic amines is 2. The third-order valence-corrected chi connectivity index (χ3v) is 3.53. The SMILES string of the molecule is COc1cc(/C=N\NC(=O)Cc2cc(=O)[nH]c(=S)[nH]2)ccc1OCC(C)C. The van der Waals surface area contributed by atoms with Crippen molar-refractivity contribution < 1.29 is 14.3 Å². The lowest BCUT2D eigenvalue weighted by Gasteiger charge is -2.12. The van der Waals surface area contributed by atoms with Gasteiger partial charge in [-0.3, -0.25) is 14.6 Å². The van der Waals surface area contributed by atoms with Crippen molar-refractivity contribution in [2.45, 2.75) is 20.3 Å². The van der Waals surface area contributed by atoms with Crippen LogP contribution in [-0.2, 0) is 11.2 Å². The molecular formula is C18H22N4O4S. The van der Waals surface area contributed by atoms with Gasteiger partial charge in [0.2, 0.25) is 5.91 Å². The fraction of sp³-hybridized carbons (Fsp3) is 0.333. The number of carbonyl (C=O) groups is 1. The maximum absolute atomic E-state index is 11.9. The number of nitrogens with zero attached hydrogens (tertiary/aromatic N) is 1. The molecule has 0 aliphatic carbocycles. The highest BCUT2D eigenvalue weighted by Gasteiger charge is 2.07. The zero-order chi connectivity index (χ0) is 19.8. The zero-order valence-corrected chi connectivity index (χ0v) is 16.2. The van der Waals surface area contributed by atoms with E-state index >= 15 is 0 Å². The maximum Gasteiger partial charge on any atom is 0.251 e. The molecule has 1 aromatic carbocycles. The van der Waals surface area contributed by atoms with Gasteiger partial charge in [0.25, 0.3) is 5.56 Å². The smallest absolute Gasteiger partial charge is 0.251 e. The molecule has 27 heavy (non-hydrogen) atoms. The van der Waals surface area contributed by atoms with Crippen LogP contribution in [0.2, 0.25) is 0 Å². The van der Waals surface area contributed by atoms with Crippen molar-refractivity contribution in [2.24, 2.45) is 11.0 Å². The van der Waals surface area contributed by atoms with E-state index in [-0.39, 0.29) is 22.7 Å². The molecule has 0 saturated carbocycles. The van der Waals surface area contributed by atoms with Gasteiger partial charge in [0.05, 0.1) is 26.4 Å². The van der Waals surface area contributed by atoms with Crippen LogP contribution in [0.15, 0.2) is 34.2 Å². The van der Waals surface area contributed by atoms with Crippen molar-refractivity contribution >= 4 is 24.3 Å². The average molecular weight is 390 g/mol. The van der Waals surface area contributed by atoms with Crippen molar-refractivity contribution in [3.63, 3.8) is 0 Å². The molecule has 8 nitrogen and oxygen atoms in total. The summed E-state index contributed by atoms with van der Waals surface area (Å²) in [6.07, 6.45) is 1.45. The van der Waals surface area contributed by atoms with Crippen LogP contribution in [0.3, 0.4) is 0 Å². The Morgan fingerprint density at radius 3 is 2.74 bits per heavy atom. The van der Waals surface area contributed by atoms with Gasteiger partial charge in [-0.1, -0.05) is 13.8 Å². The van der Waals surface area contributed by atoms with Crippen LogP contribution in [0.1, 0.15) is 25.1 Å². The number of hydrogen-bond acceptors (Lipinski definition) is 6. The maximum atomic E-state index is 11.9. The monoisotopic (exact) mass is 390 g/mol. The van der Waals surface area contributed by atoms with E-state index in [2.05, 4.69) is 34.3 Å². The summed E-state index contributed by atoms with van der Waals surface area (Å²) < 4.78 is 11.2. The second-order valence-electron chi connectivity index (χ2n) is 6.20. The molecule has 0 aliphatic heterocycles. The summed E-state index contributed by atoms with van der Waals surface area (Å²) in [5, 5.41) is 3.92. The average Bonchev–Trinajstić information content (AvgIpc) is 2.59. The van der Waals surface area contributed by atoms with Gasteiger partial charge in [0.1, 0.15) is 0 Å². The summed E-state index contributed by atoms with van der Waals surface area (Å²) in [6, 6.07) is 6.64. The van der Waals surface area contributed by atoms with Crippen LogP contribution >= 0.6 is 12.2 Å². The molecule has 1 heterocycles. The Bertz CT molecular complexity index is 905. The Kier molecular flexibility index (Phi) is 7.30. The Morgan fingerprint density at radius 1 is 1.30 bits per heavy atom. The quantitative estimate of drug-likeness (QED) is 0.364. The second-order valence-corrected chi connectivity index (χ2v) is 6.61. The number of methoxy groups -OCH3 is 1. The van der Waals surface area contributed by atoms with Gasteiger partial charge in [-0.25, -0.2) is 5.43 Å². The van der Waals surface area contributed by atoms with E-state index < -0.39 is 0 Å². The van der Waals surface area contributed by atoms with E-state index in [0.717, 1.165) is 5.56 Å². The van der Waals surface area contributed by atoms with Gasteiger partial charge in [-0.2, -0.15) is 5.10 Å². The lowest BCUT2D eigenvalue weighted by molar-refractivity contribution is -0.120. The number of amides is 1. The fourth-order valence-electron chi connectivity index (χ4n) is 2.15. The molecule has 0 saturated heterocycles. The minimum atomic E-state index is -0.383. The number of ether oxygens (including phenoxy) is 2. The minimum absolute atomic E-state index is 0.0454. The van der Waals surface area contributed by atoms with Crippen molar-refractivity contribution in [1.29, 1.82) is 0 Å². The van der Waals surface area contributed by atoms with Crippen LogP contribution in [0.5, 0.6) is 11.5 Å². The molecule has 1 amide bonds. The molecule has 3 N–H and O–H groups in total. The molecule has 0 aliphatic rings. The van der Waals surface area contributed by atoms with Crippen LogP contribution < -0.4 is 20.5 Å². The Balaban J connectivity index is 1.97. The molecule has 0 fully saturated rings. The second kappa shape index (κ2) is 9.67. The molecule has 144 valence electrons. The van der Waals surface area contributed by atoms with E-state index in [1.54, 1.807) is 19.2 Å². The molecule has 0 spiro atoms. The topological polar surface area (TPSA) is 109 Å². The van der Waals surface area contributed by atoms with Crippen molar-refractivity contribution in [1.82, 2.24) is 15.4 Å². The standard InChI is InChI=1S/C18H22N4O4S/c1-11(2)10-26-14-5-4-12(6-15(14)25-3)9-19-22-17(24)8-13-7-16(23)21-18(27)20-13/h4-7,9,11H,8,10H2,1-3H3,(H,22,24)(H2,20,21,23,27)/b19-9-. The predicted molar refractivity (Wildman–Crippen MR) is 105 cm³/mol. The number of aromatic nitrogens is 2. The normalized spacial score (nSPS) is 11.0. The molecule has 1 aromatic heterocycles. The first-order chi connectivity index (χ1) is 12.9. The van der Waals surface area contributed by atoms with Crippen molar-refractivity contribution in [3.8, 4) is 11.5 Å². The number of benzene rings is 1. The number of hydrogen-bond donors (Lipinski definition) is 3. The lowest BCUT2D eigenvalue weighted by atomic mass is 10.2. The predicted octanol–water partition coefficient (Wildman–Crippen LogP) is 2.17. The summed E-state index contributed by atoms with van der Waals surface area (Å²) >= 11 is 4.86.